The summed E-state index contributed by atoms with van der Waals surface area (Å²) < 4.78 is 0. The maximum Gasteiger partial charge on any atom is 0.261 e. The van der Waals surface area contributed by atoms with Gasteiger partial charge in [-0.1, -0.05) is 24.3 Å². The van der Waals surface area contributed by atoms with Crippen molar-refractivity contribution in [1.82, 2.24) is 4.90 Å². The first-order chi connectivity index (χ1) is 11.1. The lowest BCUT2D eigenvalue weighted by Crippen LogP contribution is -2.31. The Bertz CT molecular complexity index is 822. The summed E-state index contributed by atoms with van der Waals surface area (Å²) in [4.78, 5) is 37.5. The van der Waals surface area contributed by atoms with Crippen molar-refractivity contribution in [2.45, 2.75) is 12.8 Å². The fourth-order valence-corrected chi connectivity index (χ4v) is 3.22. The Kier molecular flexibility index (Phi) is 3.01. The second-order valence-electron chi connectivity index (χ2n) is 5.73. The number of fused-ring (bicyclic) bond motifs is 2. The van der Waals surface area contributed by atoms with E-state index in [9.17, 15) is 14.4 Å². The topological polar surface area (TPSA) is 66.5 Å². The van der Waals surface area contributed by atoms with E-state index in [0.717, 1.165) is 16.8 Å². The van der Waals surface area contributed by atoms with Crippen molar-refractivity contribution in [2.24, 2.45) is 0 Å². The predicted octanol–water partition coefficient (Wildman–Crippen LogP) is 2.02. The van der Waals surface area contributed by atoms with Crippen molar-refractivity contribution in [3.63, 3.8) is 0 Å². The molecule has 3 amide bonds. The van der Waals surface area contributed by atoms with Crippen LogP contribution in [-0.2, 0) is 17.6 Å². The van der Waals surface area contributed by atoms with Crippen molar-refractivity contribution in [3.8, 4) is 0 Å². The highest BCUT2D eigenvalue weighted by Crippen LogP contribution is 2.28. The lowest BCUT2D eigenvalue weighted by atomic mass is 10.0. The van der Waals surface area contributed by atoms with Crippen molar-refractivity contribution >= 4 is 23.4 Å². The fraction of sp³-hybridized carbons (Fsp3) is 0.167. The minimum atomic E-state index is -0.243. The van der Waals surface area contributed by atoms with Crippen LogP contribution in [0.3, 0.4) is 0 Å². The number of nitrogens with zero attached hydrogens (tertiary/aromatic N) is 1. The molecule has 0 spiro atoms. The van der Waals surface area contributed by atoms with Crippen LogP contribution in [0.15, 0.2) is 42.5 Å². The molecule has 0 aliphatic carbocycles. The number of amides is 3. The highest BCUT2D eigenvalue weighted by molar-refractivity contribution is 6.21. The number of anilines is 1. The molecule has 2 aromatic rings. The summed E-state index contributed by atoms with van der Waals surface area (Å²) in [6.45, 7) is 0.316. The van der Waals surface area contributed by atoms with E-state index in [1.807, 2.05) is 18.2 Å². The van der Waals surface area contributed by atoms with Gasteiger partial charge in [0.05, 0.1) is 17.5 Å². The van der Waals surface area contributed by atoms with Gasteiger partial charge in [0.25, 0.3) is 11.8 Å². The predicted molar refractivity (Wildman–Crippen MR) is 84.3 cm³/mol. The minimum Gasteiger partial charge on any atom is -0.326 e. The molecule has 2 heterocycles. The van der Waals surface area contributed by atoms with Crippen LogP contribution in [0.1, 0.15) is 31.8 Å². The van der Waals surface area contributed by atoms with Crippen molar-refractivity contribution in [1.29, 1.82) is 0 Å². The molecule has 2 aliphatic rings. The first kappa shape index (κ1) is 13.7. The number of imide groups is 1. The smallest absolute Gasteiger partial charge is 0.261 e. The molecule has 0 saturated carbocycles. The summed E-state index contributed by atoms with van der Waals surface area (Å²) in [5.41, 5.74) is 3.72. The molecule has 0 radical (unpaired) electrons. The van der Waals surface area contributed by atoms with E-state index in [1.165, 1.54) is 4.90 Å². The number of nitrogens with one attached hydrogen (secondary N) is 1. The summed E-state index contributed by atoms with van der Waals surface area (Å²) in [6, 6.07) is 12.6. The number of rotatable bonds is 3. The Morgan fingerprint density at radius 2 is 1.61 bits per heavy atom. The first-order valence-corrected chi connectivity index (χ1v) is 7.51. The van der Waals surface area contributed by atoms with E-state index in [-0.39, 0.29) is 17.7 Å². The first-order valence-electron chi connectivity index (χ1n) is 7.51. The van der Waals surface area contributed by atoms with Crippen molar-refractivity contribution in [2.75, 3.05) is 11.9 Å². The van der Waals surface area contributed by atoms with Crippen LogP contribution in [0.5, 0.6) is 0 Å². The molecule has 0 fully saturated rings. The van der Waals surface area contributed by atoms with E-state index in [0.29, 0.717) is 30.5 Å². The molecule has 0 saturated heterocycles. The van der Waals surface area contributed by atoms with Gasteiger partial charge in [0.15, 0.2) is 0 Å². The maximum absolute atomic E-state index is 12.4. The third-order valence-corrected chi connectivity index (χ3v) is 4.37. The van der Waals surface area contributed by atoms with Crippen LogP contribution in [0.4, 0.5) is 5.69 Å². The van der Waals surface area contributed by atoms with Gasteiger partial charge in [-0.25, -0.2) is 0 Å². The van der Waals surface area contributed by atoms with Gasteiger partial charge in [-0.2, -0.15) is 0 Å². The molecular weight excluding hydrogens is 292 g/mol. The van der Waals surface area contributed by atoms with Crippen LogP contribution < -0.4 is 5.32 Å². The Morgan fingerprint density at radius 1 is 0.913 bits per heavy atom. The zero-order valence-electron chi connectivity index (χ0n) is 12.3. The van der Waals surface area contributed by atoms with Gasteiger partial charge in [-0.3, -0.25) is 19.3 Å². The highest BCUT2D eigenvalue weighted by atomic mass is 16.2. The molecule has 2 aliphatic heterocycles. The Balaban J connectivity index is 1.56. The molecule has 2 aromatic carbocycles. The molecular formula is C18H14N2O3. The number of hydrogen-bond donors (Lipinski definition) is 1. The summed E-state index contributed by atoms with van der Waals surface area (Å²) in [7, 11) is 0. The number of benzene rings is 2. The highest BCUT2D eigenvalue weighted by Gasteiger charge is 2.34. The van der Waals surface area contributed by atoms with E-state index >= 15 is 0 Å². The quantitative estimate of drug-likeness (QED) is 0.882. The Hall–Kier alpha value is -2.95. The molecule has 4 rings (SSSR count). The van der Waals surface area contributed by atoms with Gasteiger partial charge in [0.2, 0.25) is 5.91 Å². The molecule has 5 heteroatoms. The standard InChI is InChI=1S/C18H14N2O3/c21-16-10-14-11(4-3-7-15(14)19-16)8-9-20-17(22)12-5-1-2-6-13(12)18(20)23/h1-7H,8-10H2,(H,19,21). The summed E-state index contributed by atoms with van der Waals surface area (Å²) in [5.74, 6) is -0.507. The lowest BCUT2D eigenvalue weighted by Gasteiger charge is -2.15. The van der Waals surface area contributed by atoms with E-state index < -0.39 is 0 Å². The zero-order valence-corrected chi connectivity index (χ0v) is 12.3. The second kappa shape index (κ2) is 5.05. The van der Waals surface area contributed by atoms with Gasteiger partial charge in [-0.15, -0.1) is 0 Å². The average Bonchev–Trinajstić information content (AvgIpc) is 3.05. The average molecular weight is 306 g/mol. The monoisotopic (exact) mass is 306 g/mol. The van der Waals surface area contributed by atoms with Crippen LogP contribution in [0.2, 0.25) is 0 Å². The molecule has 1 N–H and O–H groups in total. The van der Waals surface area contributed by atoms with E-state index in [1.54, 1.807) is 24.3 Å². The third kappa shape index (κ3) is 2.12. The van der Waals surface area contributed by atoms with Gasteiger partial charge < -0.3 is 5.32 Å². The molecule has 0 atom stereocenters. The number of carbonyl (C=O) groups excluding carboxylic acids is 3. The fourth-order valence-electron chi connectivity index (χ4n) is 3.22. The Labute approximate surface area is 132 Å². The SMILES string of the molecule is O=C1Cc2c(CCN3C(=O)c4ccccc4C3=O)cccc2N1. The summed E-state index contributed by atoms with van der Waals surface area (Å²) >= 11 is 0. The van der Waals surface area contributed by atoms with Gasteiger partial charge in [-0.05, 0) is 35.7 Å². The summed E-state index contributed by atoms with van der Waals surface area (Å²) in [6.07, 6.45) is 0.900. The number of hydrogen-bond acceptors (Lipinski definition) is 3. The summed E-state index contributed by atoms with van der Waals surface area (Å²) in [5, 5.41) is 2.81. The molecule has 114 valence electrons. The normalized spacial score (nSPS) is 15.7. The lowest BCUT2D eigenvalue weighted by molar-refractivity contribution is -0.115. The molecule has 0 bridgehead atoms. The van der Waals surface area contributed by atoms with Crippen LogP contribution in [0, 0.1) is 0 Å². The maximum atomic E-state index is 12.4. The second-order valence-corrected chi connectivity index (χ2v) is 5.73. The molecule has 0 unspecified atom stereocenters. The van der Waals surface area contributed by atoms with E-state index in [4.69, 9.17) is 0 Å². The van der Waals surface area contributed by atoms with Crippen LogP contribution >= 0.6 is 0 Å². The molecule has 23 heavy (non-hydrogen) atoms. The van der Waals surface area contributed by atoms with E-state index in [2.05, 4.69) is 5.32 Å². The van der Waals surface area contributed by atoms with Gasteiger partial charge in [0.1, 0.15) is 0 Å². The van der Waals surface area contributed by atoms with Crippen LogP contribution in [0.25, 0.3) is 0 Å². The van der Waals surface area contributed by atoms with Crippen LogP contribution in [-0.4, -0.2) is 29.2 Å². The molecule has 0 aromatic heterocycles. The van der Waals surface area contributed by atoms with Gasteiger partial charge in [0, 0.05) is 12.2 Å². The van der Waals surface area contributed by atoms with Crippen molar-refractivity contribution in [3.05, 3.63) is 64.7 Å². The molecule has 5 nitrogen and oxygen atoms in total. The zero-order chi connectivity index (χ0) is 16.0. The minimum absolute atomic E-state index is 0.0202. The van der Waals surface area contributed by atoms with Crippen molar-refractivity contribution < 1.29 is 14.4 Å². The number of carbonyl (C=O) groups is 3. The third-order valence-electron chi connectivity index (χ3n) is 4.37. The largest absolute Gasteiger partial charge is 0.326 e. The van der Waals surface area contributed by atoms with Gasteiger partial charge >= 0.3 is 0 Å². The Morgan fingerprint density at radius 3 is 2.30 bits per heavy atom.